The Kier molecular flexibility index (Phi) is 6.70. The van der Waals surface area contributed by atoms with Crippen molar-refractivity contribution in [3.05, 3.63) is 0 Å². The summed E-state index contributed by atoms with van der Waals surface area (Å²) in [6.45, 7) is 4.43. The second-order valence-electron chi connectivity index (χ2n) is 2.37. The van der Waals surface area contributed by atoms with Crippen molar-refractivity contribution in [3.63, 3.8) is 0 Å². The molecule has 72 valence electrons. The lowest BCUT2D eigenvalue weighted by molar-refractivity contribution is -0.149. The van der Waals surface area contributed by atoms with Crippen molar-refractivity contribution in [3.8, 4) is 0 Å². The van der Waals surface area contributed by atoms with E-state index in [2.05, 4.69) is 4.74 Å². The molecule has 0 saturated heterocycles. The lowest BCUT2D eigenvalue weighted by atomic mass is 10.4. The maximum Gasteiger partial charge on any atom is 0.332 e. The molecule has 4 heteroatoms. The Labute approximate surface area is 72.8 Å². The van der Waals surface area contributed by atoms with Crippen LogP contribution in [0.25, 0.3) is 0 Å². The highest BCUT2D eigenvalue weighted by molar-refractivity contribution is 5.70. The van der Waals surface area contributed by atoms with Gasteiger partial charge in [0.2, 0.25) is 0 Å². The van der Waals surface area contributed by atoms with Gasteiger partial charge in [-0.05, 0) is 13.8 Å². The van der Waals surface area contributed by atoms with E-state index in [1.807, 2.05) is 6.92 Å². The highest BCUT2D eigenvalue weighted by Crippen LogP contribution is 1.89. The van der Waals surface area contributed by atoms with Crippen LogP contribution in [0, 0.1) is 0 Å². The SMILES string of the molecule is CCOC(=O)COCC(C)OC. The van der Waals surface area contributed by atoms with Crippen molar-refractivity contribution < 1.29 is 19.0 Å². The third-order valence-corrected chi connectivity index (χ3v) is 1.28. The average Bonchev–Trinajstić information content (AvgIpc) is 2.04. The molecule has 0 aromatic rings. The van der Waals surface area contributed by atoms with Gasteiger partial charge in [-0.25, -0.2) is 4.79 Å². The van der Waals surface area contributed by atoms with Gasteiger partial charge in [0.15, 0.2) is 0 Å². The predicted octanol–water partition coefficient (Wildman–Crippen LogP) is 0.601. The molecule has 0 bridgehead atoms. The third kappa shape index (κ3) is 6.12. The second-order valence-corrected chi connectivity index (χ2v) is 2.37. The number of methoxy groups -OCH3 is 1. The number of carbonyl (C=O) groups excluding carboxylic acids is 1. The first kappa shape index (κ1) is 11.4. The fourth-order valence-corrected chi connectivity index (χ4v) is 0.579. The van der Waals surface area contributed by atoms with Gasteiger partial charge in [-0.2, -0.15) is 0 Å². The molecule has 12 heavy (non-hydrogen) atoms. The molecule has 0 aromatic heterocycles. The van der Waals surface area contributed by atoms with Crippen LogP contribution in [0.5, 0.6) is 0 Å². The molecule has 0 heterocycles. The minimum Gasteiger partial charge on any atom is -0.464 e. The Hall–Kier alpha value is -0.610. The van der Waals surface area contributed by atoms with E-state index in [0.29, 0.717) is 13.2 Å². The van der Waals surface area contributed by atoms with E-state index in [1.165, 1.54) is 0 Å². The summed E-state index contributed by atoms with van der Waals surface area (Å²) >= 11 is 0. The second kappa shape index (κ2) is 7.06. The van der Waals surface area contributed by atoms with Gasteiger partial charge < -0.3 is 14.2 Å². The first-order valence-electron chi connectivity index (χ1n) is 3.96. The summed E-state index contributed by atoms with van der Waals surface area (Å²) in [5.41, 5.74) is 0. The molecule has 0 fully saturated rings. The van der Waals surface area contributed by atoms with Gasteiger partial charge >= 0.3 is 5.97 Å². The predicted molar refractivity (Wildman–Crippen MR) is 43.9 cm³/mol. The topological polar surface area (TPSA) is 44.8 Å². The molecule has 0 spiro atoms. The molecule has 0 radical (unpaired) electrons. The summed E-state index contributed by atoms with van der Waals surface area (Å²) in [6.07, 6.45) is 0.0134. The molecule has 0 aliphatic rings. The fraction of sp³-hybridized carbons (Fsp3) is 0.875. The summed E-state index contributed by atoms with van der Waals surface area (Å²) in [6, 6.07) is 0. The highest BCUT2D eigenvalue weighted by atomic mass is 16.6. The molecule has 1 atom stereocenters. The number of carbonyl (C=O) groups is 1. The summed E-state index contributed by atoms with van der Waals surface area (Å²) in [7, 11) is 1.60. The van der Waals surface area contributed by atoms with Crippen LogP contribution in [0.2, 0.25) is 0 Å². The normalized spacial score (nSPS) is 12.6. The quantitative estimate of drug-likeness (QED) is 0.556. The van der Waals surface area contributed by atoms with Crippen molar-refractivity contribution >= 4 is 5.97 Å². The van der Waals surface area contributed by atoms with Crippen LogP contribution < -0.4 is 0 Å². The molecule has 0 aliphatic heterocycles. The number of rotatable bonds is 6. The van der Waals surface area contributed by atoms with Crippen LogP contribution in [-0.4, -0.2) is 39.0 Å². The van der Waals surface area contributed by atoms with Crippen LogP contribution in [-0.2, 0) is 19.0 Å². The maximum atomic E-state index is 10.7. The van der Waals surface area contributed by atoms with Crippen molar-refractivity contribution in [2.75, 3.05) is 26.9 Å². The van der Waals surface area contributed by atoms with Gasteiger partial charge in [0, 0.05) is 7.11 Å². The van der Waals surface area contributed by atoms with Crippen molar-refractivity contribution in [2.45, 2.75) is 20.0 Å². The number of ether oxygens (including phenoxy) is 3. The van der Waals surface area contributed by atoms with Gasteiger partial charge in [-0.1, -0.05) is 0 Å². The minimum absolute atomic E-state index is 0.00153. The van der Waals surface area contributed by atoms with E-state index in [4.69, 9.17) is 9.47 Å². The van der Waals surface area contributed by atoms with E-state index < -0.39 is 0 Å². The monoisotopic (exact) mass is 176 g/mol. The molecule has 0 aromatic carbocycles. The molecule has 0 amide bonds. The summed E-state index contributed by atoms with van der Waals surface area (Å²) in [5.74, 6) is -0.333. The molecular weight excluding hydrogens is 160 g/mol. The Morgan fingerprint density at radius 2 is 2.17 bits per heavy atom. The molecule has 0 rings (SSSR count). The van der Waals surface area contributed by atoms with Crippen molar-refractivity contribution in [2.24, 2.45) is 0 Å². The van der Waals surface area contributed by atoms with Gasteiger partial charge in [0.1, 0.15) is 6.61 Å². The Bertz CT molecular complexity index is 124. The van der Waals surface area contributed by atoms with Crippen LogP contribution in [0.15, 0.2) is 0 Å². The first-order valence-corrected chi connectivity index (χ1v) is 3.96. The maximum absolute atomic E-state index is 10.7. The number of hydrogen-bond donors (Lipinski definition) is 0. The zero-order valence-corrected chi connectivity index (χ0v) is 7.83. The lowest BCUT2D eigenvalue weighted by Crippen LogP contribution is -2.19. The van der Waals surface area contributed by atoms with Crippen LogP contribution in [0.1, 0.15) is 13.8 Å². The fourth-order valence-electron chi connectivity index (χ4n) is 0.579. The standard InChI is InChI=1S/C8H16O4/c1-4-12-8(9)6-11-5-7(2)10-3/h7H,4-6H2,1-3H3. The third-order valence-electron chi connectivity index (χ3n) is 1.28. The van der Waals surface area contributed by atoms with Gasteiger partial charge in [-0.3, -0.25) is 0 Å². The summed E-state index contributed by atoms with van der Waals surface area (Å²) in [5, 5.41) is 0. The van der Waals surface area contributed by atoms with Crippen LogP contribution >= 0.6 is 0 Å². The Morgan fingerprint density at radius 3 is 2.67 bits per heavy atom. The summed E-state index contributed by atoms with van der Waals surface area (Å²) in [4.78, 5) is 10.7. The molecule has 4 nitrogen and oxygen atoms in total. The average molecular weight is 176 g/mol. The highest BCUT2D eigenvalue weighted by Gasteiger charge is 2.03. The van der Waals surface area contributed by atoms with E-state index in [9.17, 15) is 4.79 Å². The van der Waals surface area contributed by atoms with Crippen molar-refractivity contribution in [1.82, 2.24) is 0 Å². The molecule has 0 N–H and O–H groups in total. The van der Waals surface area contributed by atoms with Gasteiger partial charge in [-0.15, -0.1) is 0 Å². The van der Waals surface area contributed by atoms with E-state index in [0.717, 1.165) is 0 Å². The smallest absolute Gasteiger partial charge is 0.332 e. The molecule has 0 aliphatic carbocycles. The van der Waals surface area contributed by atoms with Crippen LogP contribution in [0.4, 0.5) is 0 Å². The van der Waals surface area contributed by atoms with E-state index in [-0.39, 0.29) is 18.7 Å². The van der Waals surface area contributed by atoms with E-state index >= 15 is 0 Å². The largest absolute Gasteiger partial charge is 0.464 e. The van der Waals surface area contributed by atoms with Gasteiger partial charge in [0.25, 0.3) is 0 Å². The Balaban J connectivity index is 3.24. The number of esters is 1. The zero-order chi connectivity index (χ0) is 9.40. The van der Waals surface area contributed by atoms with Gasteiger partial charge in [0.05, 0.1) is 19.3 Å². The first-order chi connectivity index (χ1) is 5.70. The molecular formula is C8H16O4. The Morgan fingerprint density at radius 1 is 1.50 bits per heavy atom. The van der Waals surface area contributed by atoms with Crippen molar-refractivity contribution in [1.29, 1.82) is 0 Å². The zero-order valence-electron chi connectivity index (χ0n) is 7.83. The minimum atomic E-state index is -0.333. The summed E-state index contributed by atoms with van der Waals surface area (Å²) < 4.78 is 14.6. The number of hydrogen-bond acceptors (Lipinski definition) is 4. The van der Waals surface area contributed by atoms with E-state index in [1.54, 1.807) is 14.0 Å². The van der Waals surface area contributed by atoms with Crippen LogP contribution in [0.3, 0.4) is 0 Å². The lowest BCUT2D eigenvalue weighted by Gasteiger charge is -2.09. The molecule has 0 saturated carbocycles. The molecule has 1 unspecified atom stereocenters.